The van der Waals surface area contributed by atoms with Gasteiger partial charge in [-0.2, -0.15) is 0 Å². The van der Waals surface area contributed by atoms with Crippen molar-refractivity contribution >= 4 is 11.8 Å². The summed E-state index contributed by atoms with van der Waals surface area (Å²) in [6.07, 6.45) is 0.903. The smallest absolute Gasteiger partial charge is 0.235 e. The molecule has 2 unspecified atom stereocenters. The van der Waals surface area contributed by atoms with Crippen molar-refractivity contribution in [3.05, 3.63) is 35.9 Å². The summed E-state index contributed by atoms with van der Waals surface area (Å²) in [6.45, 7) is 6.26. The predicted octanol–water partition coefficient (Wildman–Crippen LogP) is 2.50. The molecule has 2 atom stereocenters. The van der Waals surface area contributed by atoms with Crippen molar-refractivity contribution in [3.63, 3.8) is 0 Å². The van der Waals surface area contributed by atoms with Gasteiger partial charge in [0, 0.05) is 19.0 Å². The highest BCUT2D eigenvalue weighted by Gasteiger charge is 2.49. The van der Waals surface area contributed by atoms with E-state index in [1.165, 1.54) is 4.90 Å². The van der Waals surface area contributed by atoms with Crippen molar-refractivity contribution in [2.24, 2.45) is 17.1 Å². The molecule has 0 saturated carbocycles. The maximum absolute atomic E-state index is 12.5. The molecule has 0 spiro atoms. The van der Waals surface area contributed by atoms with Crippen LogP contribution in [0.15, 0.2) is 30.3 Å². The highest BCUT2D eigenvalue weighted by Crippen LogP contribution is 2.39. The Bertz CT molecular complexity index is 527. The number of rotatable bonds is 5. The van der Waals surface area contributed by atoms with Crippen LogP contribution in [0, 0.1) is 11.3 Å². The lowest BCUT2D eigenvalue weighted by atomic mass is 9.78. The number of benzene rings is 1. The van der Waals surface area contributed by atoms with Crippen molar-refractivity contribution in [3.8, 4) is 0 Å². The number of nitrogens with zero attached hydrogens (tertiary/aromatic N) is 1. The van der Waals surface area contributed by atoms with Gasteiger partial charge >= 0.3 is 0 Å². The standard InChI is InChI=1S/C17H24N2O2/c1-12(2)17(3)11-15(20)19(16(17)21)10-9-14(18)13-7-5-4-6-8-13/h4-8,12,14H,9-11,18H2,1-3H3. The Hall–Kier alpha value is -1.68. The topological polar surface area (TPSA) is 63.4 Å². The van der Waals surface area contributed by atoms with Crippen molar-refractivity contribution in [2.75, 3.05) is 6.54 Å². The van der Waals surface area contributed by atoms with Crippen molar-refractivity contribution < 1.29 is 9.59 Å². The van der Waals surface area contributed by atoms with Gasteiger partial charge in [-0.1, -0.05) is 44.2 Å². The summed E-state index contributed by atoms with van der Waals surface area (Å²) in [7, 11) is 0. The van der Waals surface area contributed by atoms with E-state index in [1.807, 2.05) is 51.1 Å². The Morgan fingerprint density at radius 2 is 1.86 bits per heavy atom. The fourth-order valence-electron chi connectivity index (χ4n) is 2.72. The number of carbonyl (C=O) groups excluding carboxylic acids is 2. The monoisotopic (exact) mass is 288 g/mol. The van der Waals surface area contributed by atoms with Crippen LogP contribution in [-0.2, 0) is 9.59 Å². The summed E-state index contributed by atoms with van der Waals surface area (Å²) in [5.41, 5.74) is 6.61. The van der Waals surface area contributed by atoms with Crippen molar-refractivity contribution in [2.45, 2.75) is 39.7 Å². The molecule has 0 bridgehead atoms. The zero-order valence-electron chi connectivity index (χ0n) is 13.0. The van der Waals surface area contributed by atoms with Gasteiger partial charge in [-0.3, -0.25) is 14.5 Å². The Kier molecular flexibility index (Phi) is 4.47. The second-order valence-electron chi connectivity index (χ2n) is 6.41. The van der Waals surface area contributed by atoms with E-state index in [2.05, 4.69) is 0 Å². The molecule has 1 aromatic carbocycles. The van der Waals surface area contributed by atoms with E-state index in [0.717, 1.165) is 5.56 Å². The molecule has 1 heterocycles. The number of carbonyl (C=O) groups is 2. The van der Waals surface area contributed by atoms with Gasteiger partial charge in [0.1, 0.15) is 0 Å². The van der Waals surface area contributed by atoms with Crippen LogP contribution in [0.2, 0.25) is 0 Å². The Morgan fingerprint density at radius 1 is 1.24 bits per heavy atom. The van der Waals surface area contributed by atoms with E-state index in [4.69, 9.17) is 5.73 Å². The van der Waals surface area contributed by atoms with E-state index in [0.29, 0.717) is 19.4 Å². The number of nitrogens with two attached hydrogens (primary N) is 1. The van der Waals surface area contributed by atoms with Crippen LogP contribution >= 0.6 is 0 Å². The van der Waals surface area contributed by atoms with Crippen molar-refractivity contribution in [1.29, 1.82) is 0 Å². The first-order chi connectivity index (χ1) is 9.86. The average Bonchev–Trinajstić information content (AvgIpc) is 2.69. The molecule has 1 aliphatic heterocycles. The van der Waals surface area contributed by atoms with E-state index in [9.17, 15) is 9.59 Å². The third-order valence-corrected chi connectivity index (χ3v) is 4.72. The first-order valence-electron chi connectivity index (χ1n) is 7.51. The number of imide groups is 1. The number of amides is 2. The quantitative estimate of drug-likeness (QED) is 0.847. The third kappa shape index (κ3) is 3.00. The van der Waals surface area contributed by atoms with Gasteiger partial charge in [-0.05, 0) is 24.8 Å². The molecule has 1 saturated heterocycles. The van der Waals surface area contributed by atoms with Crippen LogP contribution in [-0.4, -0.2) is 23.3 Å². The maximum atomic E-state index is 12.5. The minimum absolute atomic E-state index is 0.0530. The Morgan fingerprint density at radius 3 is 2.38 bits per heavy atom. The summed E-state index contributed by atoms with van der Waals surface area (Å²) in [4.78, 5) is 26.0. The highest BCUT2D eigenvalue weighted by molar-refractivity contribution is 6.05. The summed E-state index contributed by atoms with van der Waals surface area (Å²) in [5.74, 6) is 0.0287. The van der Waals surface area contributed by atoms with Gasteiger partial charge in [0.25, 0.3) is 0 Å². The zero-order chi connectivity index (χ0) is 15.6. The predicted molar refractivity (Wildman–Crippen MR) is 82.3 cm³/mol. The fourth-order valence-corrected chi connectivity index (χ4v) is 2.72. The molecule has 2 rings (SSSR count). The first-order valence-corrected chi connectivity index (χ1v) is 7.51. The lowest BCUT2D eigenvalue weighted by molar-refractivity contribution is -0.142. The summed E-state index contributed by atoms with van der Waals surface area (Å²) < 4.78 is 0. The molecular weight excluding hydrogens is 264 g/mol. The lowest BCUT2D eigenvalue weighted by Crippen LogP contribution is -2.38. The first kappa shape index (κ1) is 15.7. The SMILES string of the molecule is CC(C)C1(C)CC(=O)N(CCC(N)c2ccccc2)C1=O. The van der Waals surface area contributed by atoms with Gasteiger partial charge in [0.15, 0.2) is 0 Å². The van der Waals surface area contributed by atoms with Gasteiger partial charge in [-0.25, -0.2) is 0 Å². The molecule has 4 heteroatoms. The van der Waals surface area contributed by atoms with Crippen LogP contribution in [0.4, 0.5) is 0 Å². The molecule has 1 aromatic rings. The maximum Gasteiger partial charge on any atom is 0.235 e. The number of likely N-dealkylation sites (tertiary alicyclic amines) is 1. The summed E-state index contributed by atoms with van der Waals surface area (Å²) in [6, 6.07) is 9.61. The molecule has 2 amide bonds. The molecule has 2 N–H and O–H groups in total. The second-order valence-corrected chi connectivity index (χ2v) is 6.41. The van der Waals surface area contributed by atoms with Gasteiger partial charge in [-0.15, -0.1) is 0 Å². The average molecular weight is 288 g/mol. The number of hydrogen-bond acceptors (Lipinski definition) is 3. The van der Waals surface area contributed by atoms with Crippen LogP contribution in [0.25, 0.3) is 0 Å². The largest absolute Gasteiger partial charge is 0.324 e. The van der Waals surface area contributed by atoms with Crippen LogP contribution in [0.3, 0.4) is 0 Å². The highest BCUT2D eigenvalue weighted by atomic mass is 16.2. The van der Waals surface area contributed by atoms with Crippen LogP contribution in [0.5, 0.6) is 0 Å². The molecule has 0 aliphatic carbocycles. The van der Waals surface area contributed by atoms with Gasteiger partial charge in [0.2, 0.25) is 11.8 Å². The Labute approximate surface area is 126 Å². The summed E-state index contributed by atoms with van der Waals surface area (Å²) in [5, 5.41) is 0. The number of hydrogen-bond donors (Lipinski definition) is 1. The molecule has 21 heavy (non-hydrogen) atoms. The normalized spacial score (nSPS) is 24.0. The Balaban J connectivity index is 2.01. The fraction of sp³-hybridized carbons (Fsp3) is 0.529. The van der Waals surface area contributed by atoms with Crippen LogP contribution in [0.1, 0.15) is 45.2 Å². The third-order valence-electron chi connectivity index (χ3n) is 4.72. The van der Waals surface area contributed by atoms with Crippen molar-refractivity contribution in [1.82, 2.24) is 4.90 Å². The van der Waals surface area contributed by atoms with Gasteiger partial charge in [0.05, 0.1) is 5.41 Å². The molecular formula is C17H24N2O2. The van der Waals surface area contributed by atoms with Gasteiger partial charge < -0.3 is 5.73 Å². The molecule has 1 aliphatic rings. The molecule has 0 radical (unpaired) electrons. The van der Waals surface area contributed by atoms with E-state index >= 15 is 0 Å². The van der Waals surface area contributed by atoms with E-state index < -0.39 is 5.41 Å². The minimum atomic E-state index is -0.562. The molecule has 4 nitrogen and oxygen atoms in total. The summed E-state index contributed by atoms with van der Waals surface area (Å²) >= 11 is 0. The molecule has 1 fully saturated rings. The second kappa shape index (κ2) is 5.98. The molecule has 0 aromatic heterocycles. The lowest BCUT2D eigenvalue weighted by Gasteiger charge is -2.26. The van der Waals surface area contributed by atoms with E-state index in [1.54, 1.807) is 0 Å². The van der Waals surface area contributed by atoms with Crippen LogP contribution < -0.4 is 5.73 Å². The minimum Gasteiger partial charge on any atom is -0.324 e. The zero-order valence-corrected chi connectivity index (χ0v) is 13.0. The van der Waals surface area contributed by atoms with E-state index in [-0.39, 0.29) is 23.8 Å². The molecule has 114 valence electrons.